The summed E-state index contributed by atoms with van der Waals surface area (Å²) in [4.78, 5) is 21.6. The summed E-state index contributed by atoms with van der Waals surface area (Å²) in [5.41, 5.74) is -0.873. The summed E-state index contributed by atoms with van der Waals surface area (Å²) in [5.74, 6) is 0. The van der Waals surface area contributed by atoms with Crippen molar-refractivity contribution in [3.63, 3.8) is 0 Å². The van der Waals surface area contributed by atoms with E-state index in [1.807, 2.05) is 0 Å². The van der Waals surface area contributed by atoms with E-state index in [0.717, 1.165) is 12.1 Å². The van der Waals surface area contributed by atoms with Crippen LogP contribution in [0, 0.1) is 20.2 Å². The van der Waals surface area contributed by atoms with E-state index >= 15 is 0 Å². The van der Waals surface area contributed by atoms with Gasteiger partial charge in [-0.05, 0) is 15.9 Å². The van der Waals surface area contributed by atoms with Crippen molar-refractivity contribution in [2.75, 3.05) is 4.84 Å². The second-order valence-corrected chi connectivity index (χ2v) is 3.47. The molecule has 1 rings (SSSR count). The molecule has 1 aromatic carbocycles. The molecule has 1 aromatic rings. The van der Waals surface area contributed by atoms with Gasteiger partial charge in [-0.25, -0.2) is 0 Å². The zero-order valence-corrected chi connectivity index (χ0v) is 9.28. The topological polar surface area (TPSA) is 98.3 Å². The first-order valence-corrected chi connectivity index (χ1v) is 4.63. The molecule has 0 spiro atoms. The van der Waals surface area contributed by atoms with Crippen molar-refractivity contribution in [2.24, 2.45) is 0 Å². The minimum absolute atomic E-state index is 0.0210. The van der Waals surface area contributed by atoms with E-state index in [-0.39, 0.29) is 15.8 Å². The molecule has 9 heteroatoms. The van der Waals surface area contributed by atoms with Crippen molar-refractivity contribution in [2.45, 2.75) is 0 Å². The molecule has 0 aliphatic rings. The first-order chi connectivity index (χ1) is 6.97. The SMILES string of the molecule is O=[N+]([O-])c1cc(Br)c(NCl)c([N+](=O)[O-])c1. The minimum Gasteiger partial charge on any atom is -0.291 e. The molecule has 0 saturated carbocycles. The zero-order chi connectivity index (χ0) is 11.6. The predicted octanol–water partition coefficient (Wildman–Crippen LogP) is 2.83. The number of hydrogen-bond donors (Lipinski definition) is 1. The highest BCUT2D eigenvalue weighted by atomic mass is 79.9. The Labute approximate surface area is 96.6 Å². The summed E-state index contributed by atoms with van der Waals surface area (Å²) < 4.78 is 0.151. The van der Waals surface area contributed by atoms with Crippen LogP contribution in [0.3, 0.4) is 0 Å². The number of nitrogens with zero attached hydrogens (tertiary/aromatic N) is 2. The summed E-state index contributed by atoms with van der Waals surface area (Å²) in [6.45, 7) is 0. The van der Waals surface area contributed by atoms with Gasteiger partial charge in [0.25, 0.3) is 5.69 Å². The van der Waals surface area contributed by atoms with Gasteiger partial charge in [0, 0.05) is 17.8 Å². The molecule has 0 amide bonds. The van der Waals surface area contributed by atoms with Gasteiger partial charge in [0.1, 0.15) is 5.69 Å². The van der Waals surface area contributed by atoms with E-state index in [9.17, 15) is 20.2 Å². The van der Waals surface area contributed by atoms with Crippen molar-refractivity contribution in [3.8, 4) is 0 Å². The number of nitro benzene ring substituents is 2. The van der Waals surface area contributed by atoms with E-state index in [0.29, 0.717) is 0 Å². The lowest BCUT2D eigenvalue weighted by Crippen LogP contribution is -1.97. The van der Waals surface area contributed by atoms with Crippen LogP contribution in [-0.2, 0) is 0 Å². The number of nitrogens with one attached hydrogen (secondary N) is 1. The Bertz CT molecular complexity index is 439. The quantitative estimate of drug-likeness (QED) is 0.525. The van der Waals surface area contributed by atoms with Crippen LogP contribution < -0.4 is 4.84 Å². The number of nitro groups is 2. The lowest BCUT2D eigenvalue weighted by molar-refractivity contribution is -0.393. The average molecular weight is 296 g/mol. The lowest BCUT2D eigenvalue weighted by atomic mass is 10.2. The predicted molar refractivity (Wildman–Crippen MR) is 56.9 cm³/mol. The summed E-state index contributed by atoms with van der Waals surface area (Å²) in [5, 5.41) is 21.0. The van der Waals surface area contributed by atoms with Gasteiger partial charge >= 0.3 is 5.69 Å². The van der Waals surface area contributed by atoms with Gasteiger partial charge in [0.05, 0.1) is 20.4 Å². The first kappa shape index (κ1) is 11.7. The second-order valence-electron chi connectivity index (χ2n) is 2.43. The molecule has 0 radical (unpaired) electrons. The number of anilines is 1. The summed E-state index contributed by atoms with van der Waals surface area (Å²) in [7, 11) is 0. The summed E-state index contributed by atoms with van der Waals surface area (Å²) >= 11 is 8.20. The molecular weight excluding hydrogens is 293 g/mol. The first-order valence-electron chi connectivity index (χ1n) is 3.46. The number of halogens is 2. The zero-order valence-electron chi connectivity index (χ0n) is 6.94. The maximum Gasteiger partial charge on any atom is 0.301 e. The van der Waals surface area contributed by atoms with Crippen LogP contribution in [0.2, 0.25) is 0 Å². The van der Waals surface area contributed by atoms with E-state index in [4.69, 9.17) is 11.8 Å². The van der Waals surface area contributed by atoms with Crippen LogP contribution in [0.1, 0.15) is 0 Å². The Balaban J connectivity index is 3.45. The third-order valence-corrected chi connectivity index (χ3v) is 2.37. The van der Waals surface area contributed by atoms with Crippen LogP contribution in [-0.4, -0.2) is 9.85 Å². The van der Waals surface area contributed by atoms with Crippen LogP contribution in [0.25, 0.3) is 0 Å². The molecule has 0 saturated heterocycles. The molecule has 0 atom stereocenters. The second kappa shape index (κ2) is 4.41. The van der Waals surface area contributed by atoms with Crippen molar-refractivity contribution in [1.82, 2.24) is 0 Å². The molecule has 0 aliphatic heterocycles. The molecule has 0 aromatic heterocycles. The van der Waals surface area contributed by atoms with E-state index in [1.165, 1.54) is 0 Å². The van der Waals surface area contributed by atoms with Gasteiger partial charge in [0.2, 0.25) is 0 Å². The van der Waals surface area contributed by atoms with Gasteiger partial charge in [-0.15, -0.1) is 0 Å². The maximum atomic E-state index is 10.6. The maximum absolute atomic E-state index is 10.6. The Morgan fingerprint density at radius 1 is 1.27 bits per heavy atom. The third-order valence-electron chi connectivity index (χ3n) is 1.56. The molecule has 0 aliphatic carbocycles. The third kappa shape index (κ3) is 2.34. The normalized spacial score (nSPS) is 9.73. The van der Waals surface area contributed by atoms with Crippen molar-refractivity contribution in [1.29, 1.82) is 0 Å². The number of rotatable bonds is 3. The molecule has 0 fully saturated rings. The number of hydrogen-bond acceptors (Lipinski definition) is 5. The Morgan fingerprint density at radius 2 is 1.87 bits per heavy atom. The monoisotopic (exact) mass is 295 g/mol. The standard InChI is InChI=1S/C6H3BrClN3O4/c7-4-1-3(10(12)13)2-5(11(14)15)6(4)9-8/h1-2,9H. The molecule has 0 heterocycles. The van der Waals surface area contributed by atoms with Crippen molar-refractivity contribution < 1.29 is 9.85 Å². The highest BCUT2D eigenvalue weighted by Crippen LogP contribution is 2.36. The van der Waals surface area contributed by atoms with Crippen LogP contribution in [0.4, 0.5) is 17.1 Å². The fraction of sp³-hybridized carbons (Fsp3) is 0. The van der Waals surface area contributed by atoms with Crippen LogP contribution in [0.15, 0.2) is 16.6 Å². The largest absolute Gasteiger partial charge is 0.301 e. The lowest BCUT2D eigenvalue weighted by Gasteiger charge is -2.02. The van der Waals surface area contributed by atoms with E-state index in [2.05, 4.69) is 20.8 Å². The minimum atomic E-state index is -0.761. The Kier molecular flexibility index (Phi) is 3.43. The molecule has 80 valence electrons. The Morgan fingerprint density at radius 3 is 2.27 bits per heavy atom. The smallest absolute Gasteiger partial charge is 0.291 e. The number of benzene rings is 1. The van der Waals surface area contributed by atoms with Gasteiger partial charge in [-0.3, -0.25) is 25.1 Å². The van der Waals surface area contributed by atoms with Crippen LogP contribution >= 0.6 is 27.7 Å². The van der Waals surface area contributed by atoms with Crippen molar-refractivity contribution in [3.05, 3.63) is 36.8 Å². The average Bonchev–Trinajstić information content (AvgIpc) is 2.16. The summed E-state index contributed by atoms with van der Waals surface area (Å²) in [6, 6.07) is 1.95. The van der Waals surface area contributed by atoms with Gasteiger partial charge in [0.15, 0.2) is 0 Å². The highest BCUT2D eigenvalue weighted by molar-refractivity contribution is 9.10. The fourth-order valence-electron chi connectivity index (χ4n) is 0.921. The molecule has 0 bridgehead atoms. The molecule has 1 N–H and O–H groups in total. The molecule has 15 heavy (non-hydrogen) atoms. The van der Waals surface area contributed by atoms with Crippen molar-refractivity contribution >= 4 is 44.8 Å². The van der Waals surface area contributed by atoms with Gasteiger partial charge in [-0.1, -0.05) is 0 Å². The summed E-state index contributed by atoms with van der Waals surface area (Å²) in [6.07, 6.45) is 0. The van der Waals surface area contributed by atoms with E-state index in [1.54, 1.807) is 0 Å². The van der Waals surface area contributed by atoms with Gasteiger partial charge in [-0.2, -0.15) is 0 Å². The van der Waals surface area contributed by atoms with Crippen LogP contribution in [0.5, 0.6) is 0 Å². The number of non-ortho nitro benzene ring substituents is 1. The molecule has 7 nitrogen and oxygen atoms in total. The van der Waals surface area contributed by atoms with Gasteiger partial charge < -0.3 is 0 Å². The molecular formula is C6H3BrClN3O4. The van der Waals surface area contributed by atoms with E-state index < -0.39 is 15.5 Å². The molecule has 0 unspecified atom stereocenters. The fourth-order valence-corrected chi connectivity index (χ4v) is 1.77. The highest BCUT2D eigenvalue weighted by Gasteiger charge is 2.22. The Hall–Kier alpha value is -1.41.